The predicted molar refractivity (Wildman–Crippen MR) is 85.2 cm³/mol. The highest BCUT2D eigenvalue weighted by atomic mass is 16.1. The van der Waals surface area contributed by atoms with Gasteiger partial charge in [0.05, 0.1) is 0 Å². The maximum atomic E-state index is 11.7. The average molecular weight is 288 g/mol. The topological polar surface area (TPSA) is 48.5 Å². The predicted octanol–water partition coefficient (Wildman–Crippen LogP) is 1.42. The van der Waals surface area contributed by atoms with E-state index >= 15 is 0 Å². The third-order valence-electron chi connectivity index (χ3n) is 3.72. The van der Waals surface area contributed by atoms with Gasteiger partial charge in [-0.25, -0.2) is 4.98 Å². The Morgan fingerprint density at radius 1 is 1.43 bits per heavy atom. The minimum atomic E-state index is 0.0584. The van der Waals surface area contributed by atoms with E-state index in [0.717, 1.165) is 37.6 Å². The summed E-state index contributed by atoms with van der Waals surface area (Å²) in [5.74, 6) is 1.05. The number of amides is 1. The lowest BCUT2D eigenvalue weighted by molar-refractivity contribution is -0.121. The van der Waals surface area contributed by atoms with E-state index in [9.17, 15) is 4.79 Å². The molecule has 0 aromatic carbocycles. The summed E-state index contributed by atoms with van der Waals surface area (Å²) in [5, 5.41) is 2.96. The van der Waals surface area contributed by atoms with Gasteiger partial charge in [-0.15, -0.1) is 6.58 Å². The van der Waals surface area contributed by atoms with Crippen molar-refractivity contribution < 1.29 is 4.79 Å². The van der Waals surface area contributed by atoms with Crippen LogP contribution in [0.2, 0.25) is 0 Å². The van der Waals surface area contributed by atoms with E-state index in [2.05, 4.69) is 33.7 Å². The number of allylic oxidation sites excluding steroid dienone is 1. The van der Waals surface area contributed by atoms with Gasteiger partial charge in [0.1, 0.15) is 5.82 Å². The second kappa shape index (κ2) is 7.78. The summed E-state index contributed by atoms with van der Waals surface area (Å²) in [7, 11) is 2.14. The summed E-state index contributed by atoms with van der Waals surface area (Å²) in [6.45, 7) is 8.21. The molecule has 1 aromatic rings. The number of nitrogens with zero attached hydrogens (tertiary/aromatic N) is 3. The van der Waals surface area contributed by atoms with Crippen LogP contribution in [0.15, 0.2) is 31.0 Å². The molecule has 0 atom stereocenters. The molecule has 0 aliphatic carbocycles. The molecule has 0 radical (unpaired) electrons. The normalized spacial score (nSPS) is 15.8. The Balaban J connectivity index is 1.96. The molecule has 2 rings (SSSR count). The summed E-state index contributed by atoms with van der Waals surface area (Å²) >= 11 is 0. The highest BCUT2D eigenvalue weighted by Crippen LogP contribution is 2.18. The molecular weight excluding hydrogens is 264 g/mol. The Morgan fingerprint density at radius 2 is 2.19 bits per heavy atom. The standard InChI is InChI=1S/C16H24N4O/c1-3-4-7-15(21)18-13-14-6-5-8-17-16(14)20-11-9-19(2)10-12-20/h3,5-6,8H,1,4,7,9-13H2,2H3,(H,18,21). The molecular formula is C16H24N4O. The summed E-state index contributed by atoms with van der Waals surface area (Å²) in [4.78, 5) is 20.8. The zero-order valence-electron chi connectivity index (χ0n) is 12.7. The van der Waals surface area contributed by atoms with Gasteiger partial charge in [0, 0.05) is 50.9 Å². The van der Waals surface area contributed by atoms with Gasteiger partial charge < -0.3 is 15.1 Å². The number of hydrogen-bond donors (Lipinski definition) is 1. The van der Waals surface area contributed by atoms with Crippen molar-refractivity contribution in [1.29, 1.82) is 0 Å². The number of piperazine rings is 1. The Kier molecular flexibility index (Phi) is 5.75. The number of hydrogen-bond acceptors (Lipinski definition) is 4. The zero-order chi connectivity index (χ0) is 15.1. The van der Waals surface area contributed by atoms with Gasteiger partial charge in [-0.1, -0.05) is 12.1 Å². The van der Waals surface area contributed by atoms with E-state index in [4.69, 9.17) is 0 Å². The molecule has 0 unspecified atom stereocenters. The number of carbonyl (C=O) groups excluding carboxylic acids is 1. The fraction of sp³-hybridized carbons (Fsp3) is 0.500. The maximum Gasteiger partial charge on any atom is 0.220 e. The van der Waals surface area contributed by atoms with Gasteiger partial charge in [0.15, 0.2) is 0 Å². The summed E-state index contributed by atoms with van der Waals surface area (Å²) in [6.07, 6.45) is 4.79. The SMILES string of the molecule is C=CCCC(=O)NCc1cccnc1N1CCN(C)CC1. The van der Waals surface area contributed by atoms with Crippen molar-refractivity contribution in [3.63, 3.8) is 0 Å². The molecule has 1 N–H and O–H groups in total. The van der Waals surface area contributed by atoms with E-state index in [-0.39, 0.29) is 5.91 Å². The van der Waals surface area contributed by atoms with Crippen LogP contribution in [0, 0.1) is 0 Å². The summed E-state index contributed by atoms with van der Waals surface area (Å²) in [5.41, 5.74) is 1.08. The smallest absolute Gasteiger partial charge is 0.220 e. The van der Waals surface area contributed by atoms with Crippen LogP contribution in [-0.4, -0.2) is 49.0 Å². The van der Waals surface area contributed by atoms with Crippen molar-refractivity contribution in [2.24, 2.45) is 0 Å². The molecule has 5 nitrogen and oxygen atoms in total. The molecule has 1 fully saturated rings. The van der Waals surface area contributed by atoms with Crippen LogP contribution >= 0.6 is 0 Å². The van der Waals surface area contributed by atoms with Gasteiger partial charge in [0.2, 0.25) is 5.91 Å². The van der Waals surface area contributed by atoms with Crippen LogP contribution in [0.25, 0.3) is 0 Å². The van der Waals surface area contributed by atoms with Crippen molar-refractivity contribution in [2.75, 3.05) is 38.1 Å². The summed E-state index contributed by atoms with van der Waals surface area (Å²) < 4.78 is 0. The molecule has 1 saturated heterocycles. The van der Waals surface area contributed by atoms with Crippen LogP contribution in [0.4, 0.5) is 5.82 Å². The Bertz CT molecular complexity index is 481. The summed E-state index contributed by atoms with van der Waals surface area (Å²) in [6, 6.07) is 3.96. The van der Waals surface area contributed by atoms with Crippen molar-refractivity contribution in [3.8, 4) is 0 Å². The first-order valence-electron chi connectivity index (χ1n) is 7.45. The van der Waals surface area contributed by atoms with Crippen LogP contribution in [0.1, 0.15) is 18.4 Å². The number of likely N-dealkylation sites (N-methyl/N-ethyl adjacent to an activating group) is 1. The Labute approximate surface area is 126 Å². The van der Waals surface area contributed by atoms with Gasteiger partial charge in [-0.3, -0.25) is 4.79 Å². The zero-order valence-corrected chi connectivity index (χ0v) is 12.7. The number of rotatable bonds is 6. The van der Waals surface area contributed by atoms with Crippen molar-refractivity contribution >= 4 is 11.7 Å². The van der Waals surface area contributed by atoms with E-state index in [1.54, 1.807) is 6.08 Å². The second-order valence-corrected chi connectivity index (χ2v) is 5.38. The van der Waals surface area contributed by atoms with E-state index in [1.807, 2.05) is 18.3 Å². The lowest BCUT2D eigenvalue weighted by Gasteiger charge is -2.34. The number of anilines is 1. The number of nitrogens with one attached hydrogen (secondary N) is 1. The van der Waals surface area contributed by atoms with E-state index in [1.165, 1.54) is 0 Å². The monoisotopic (exact) mass is 288 g/mol. The highest BCUT2D eigenvalue weighted by Gasteiger charge is 2.17. The molecule has 1 aliphatic heterocycles. The lowest BCUT2D eigenvalue weighted by atomic mass is 10.2. The number of carbonyl (C=O) groups is 1. The number of pyridine rings is 1. The minimum absolute atomic E-state index is 0.0584. The quantitative estimate of drug-likeness (QED) is 0.804. The molecule has 1 amide bonds. The van der Waals surface area contributed by atoms with Gasteiger partial charge in [-0.05, 0) is 19.5 Å². The molecule has 1 aromatic heterocycles. The Hall–Kier alpha value is -1.88. The van der Waals surface area contributed by atoms with Crippen LogP contribution in [0.5, 0.6) is 0 Å². The Morgan fingerprint density at radius 3 is 2.90 bits per heavy atom. The molecule has 0 saturated carbocycles. The van der Waals surface area contributed by atoms with Crippen molar-refractivity contribution in [1.82, 2.24) is 15.2 Å². The van der Waals surface area contributed by atoms with Gasteiger partial charge in [0.25, 0.3) is 0 Å². The third kappa shape index (κ3) is 4.56. The van der Waals surface area contributed by atoms with E-state index < -0.39 is 0 Å². The second-order valence-electron chi connectivity index (χ2n) is 5.38. The maximum absolute atomic E-state index is 11.7. The van der Waals surface area contributed by atoms with Crippen molar-refractivity contribution in [3.05, 3.63) is 36.5 Å². The fourth-order valence-corrected chi connectivity index (χ4v) is 2.39. The molecule has 2 heterocycles. The number of aromatic nitrogens is 1. The first-order chi connectivity index (χ1) is 10.2. The van der Waals surface area contributed by atoms with Gasteiger partial charge >= 0.3 is 0 Å². The molecule has 114 valence electrons. The largest absolute Gasteiger partial charge is 0.354 e. The first-order valence-corrected chi connectivity index (χ1v) is 7.45. The molecule has 0 spiro atoms. The third-order valence-corrected chi connectivity index (χ3v) is 3.72. The van der Waals surface area contributed by atoms with Crippen LogP contribution in [0.3, 0.4) is 0 Å². The first kappa shape index (κ1) is 15.5. The molecule has 21 heavy (non-hydrogen) atoms. The average Bonchev–Trinajstić information content (AvgIpc) is 2.52. The minimum Gasteiger partial charge on any atom is -0.354 e. The van der Waals surface area contributed by atoms with Crippen molar-refractivity contribution in [2.45, 2.75) is 19.4 Å². The highest BCUT2D eigenvalue weighted by molar-refractivity contribution is 5.76. The molecule has 1 aliphatic rings. The van der Waals surface area contributed by atoms with E-state index in [0.29, 0.717) is 19.4 Å². The van der Waals surface area contributed by atoms with Crippen LogP contribution in [-0.2, 0) is 11.3 Å². The molecule has 5 heteroatoms. The fourth-order valence-electron chi connectivity index (χ4n) is 2.39. The van der Waals surface area contributed by atoms with Gasteiger partial charge in [-0.2, -0.15) is 0 Å². The molecule has 0 bridgehead atoms. The lowest BCUT2D eigenvalue weighted by Crippen LogP contribution is -2.45. The van der Waals surface area contributed by atoms with Crippen LogP contribution < -0.4 is 10.2 Å².